The summed E-state index contributed by atoms with van der Waals surface area (Å²) in [4.78, 5) is 10.3. The van der Waals surface area contributed by atoms with E-state index >= 15 is 0 Å². The van der Waals surface area contributed by atoms with Crippen LogP contribution < -0.4 is 0 Å². The van der Waals surface area contributed by atoms with Gasteiger partial charge in [-0.25, -0.2) is 4.79 Å². The third kappa shape index (κ3) is 8.70. The van der Waals surface area contributed by atoms with E-state index in [0.29, 0.717) is 18.3 Å². The van der Waals surface area contributed by atoms with Crippen molar-refractivity contribution in [1.29, 1.82) is 0 Å². The highest BCUT2D eigenvalue weighted by Gasteiger charge is 2.34. The van der Waals surface area contributed by atoms with Gasteiger partial charge < -0.3 is 15.3 Å². The van der Waals surface area contributed by atoms with Gasteiger partial charge in [-0.1, -0.05) is 38.5 Å². The van der Waals surface area contributed by atoms with Crippen molar-refractivity contribution in [2.45, 2.75) is 96.2 Å². The minimum atomic E-state index is -1.07. The van der Waals surface area contributed by atoms with Crippen LogP contribution in [0.25, 0.3) is 0 Å². The molecule has 0 aromatic carbocycles. The highest BCUT2D eigenvalue weighted by Crippen LogP contribution is 2.38. The molecule has 0 aromatic rings. The molecule has 1 aliphatic rings. The highest BCUT2D eigenvalue weighted by molar-refractivity contribution is 5.86. The van der Waals surface area contributed by atoms with Crippen molar-refractivity contribution in [1.82, 2.24) is 0 Å². The van der Waals surface area contributed by atoms with Crippen LogP contribution in [-0.2, 0) is 4.79 Å². The molecule has 0 heterocycles. The normalized spacial score (nSPS) is 24.4. The molecule has 0 aliphatic heterocycles. The lowest BCUT2D eigenvalue weighted by Gasteiger charge is -2.23. The van der Waals surface area contributed by atoms with Crippen LogP contribution in [0.15, 0.2) is 0 Å². The number of unbranched alkanes of at least 4 members (excludes halogenated alkanes) is 4. The number of aliphatic hydroxyl groups excluding tert-OH is 2. The van der Waals surface area contributed by atoms with Gasteiger partial charge >= 0.3 is 5.97 Å². The lowest BCUT2D eigenvalue weighted by molar-refractivity contribution is -0.130. The third-order valence-electron chi connectivity index (χ3n) is 5.23. The van der Waals surface area contributed by atoms with E-state index in [1.54, 1.807) is 0 Å². The van der Waals surface area contributed by atoms with Crippen LogP contribution in [0.4, 0.5) is 0 Å². The minimum absolute atomic E-state index is 0.193. The Bertz CT molecular complexity index is 410. The summed E-state index contributed by atoms with van der Waals surface area (Å²) in [6, 6.07) is 0. The Balaban J connectivity index is 2.24. The van der Waals surface area contributed by atoms with Gasteiger partial charge in [0.1, 0.15) is 0 Å². The molecule has 3 N–H and O–H groups in total. The summed E-state index contributed by atoms with van der Waals surface area (Å²) >= 11 is 0. The van der Waals surface area contributed by atoms with Crippen molar-refractivity contribution >= 4 is 5.97 Å². The zero-order chi connectivity index (χ0) is 17.8. The predicted molar refractivity (Wildman–Crippen MR) is 95.5 cm³/mol. The first kappa shape index (κ1) is 21.0. The van der Waals surface area contributed by atoms with Crippen molar-refractivity contribution < 1.29 is 20.1 Å². The van der Waals surface area contributed by atoms with Gasteiger partial charge in [-0.2, -0.15) is 0 Å². The van der Waals surface area contributed by atoms with Gasteiger partial charge in [0.2, 0.25) is 0 Å². The summed E-state index contributed by atoms with van der Waals surface area (Å²) in [5.74, 6) is 4.57. The van der Waals surface area contributed by atoms with Crippen molar-refractivity contribution in [2.75, 3.05) is 0 Å². The molecular formula is C20H34O4. The summed E-state index contributed by atoms with van der Waals surface area (Å²) in [6.07, 6.45) is 11.2. The van der Waals surface area contributed by atoms with E-state index in [2.05, 4.69) is 18.8 Å². The maximum absolute atomic E-state index is 10.3. The molecule has 0 saturated heterocycles. The minimum Gasteiger partial charge on any atom is -0.472 e. The number of hydrogen-bond donors (Lipinski definition) is 3. The average molecular weight is 338 g/mol. The molecule has 1 aliphatic carbocycles. The molecule has 0 amide bonds. The van der Waals surface area contributed by atoms with Crippen LogP contribution in [0.5, 0.6) is 0 Å². The fourth-order valence-electron chi connectivity index (χ4n) is 3.83. The smallest absolute Gasteiger partial charge is 0.381 e. The van der Waals surface area contributed by atoms with Crippen LogP contribution in [0.3, 0.4) is 0 Å². The number of carboxylic acid groups (broad SMARTS) is 1. The molecule has 0 bridgehead atoms. The van der Waals surface area contributed by atoms with Crippen LogP contribution in [0.1, 0.15) is 84.0 Å². The largest absolute Gasteiger partial charge is 0.472 e. The molecule has 4 nitrogen and oxygen atoms in total. The topological polar surface area (TPSA) is 77.8 Å². The molecule has 4 atom stereocenters. The van der Waals surface area contributed by atoms with Crippen LogP contribution in [0.2, 0.25) is 0 Å². The van der Waals surface area contributed by atoms with E-state index < -0.39 is 5.97 Å². The summed E-state index contributed by atoms with van der Waals surface area (Å²) in [5.41, 5.74) is 0. The zero-order valence-corrected chi connectivity index (χ0v) is 15.0. The highest BCUT2D eigenvalue weighted by atomic mass is 16.4. The van der Waals surface area contributed by atoms with Crippen LogP contribution in [-0.4, -0.2) is 33.5 Å². The Morgan fingerprint density at radius 3 is 2.62 bits per heavy atom. The van der Waals surface area contributed by atoms with Crippen LogP contribution in [0, 0.1) is 23.7 Å². The van der Waals surface area contributed by atoms with Gasteiger partial charge in [-0.05, 0) is 56.8 Å². The van der Waals surface area contributed by atoms with Gasteiger partial charge in [0.05, 0.1) is 12.2 Å². The first-order valence-corrected chi connectivity index (χ1v) is 9.62. The Hall–Kier alpha value is -1.05. The zero-order valence-electron chi connectivity index (χ0n) is 15.0. The second kappa shape index (κ2) is 12.3. The second-order valence-electron chi connectivity index (χ2n) is 7.15. The Labute approximate surface area is 146 Å². The number of aliphatic carboxylic acids is 1. The molecule has 1 fully saturated rings. The van der Waals surface area contributed by atoms with Crippen molar-refractivity contribution in [3.05, 3.63) is 0 Å². The summed E-state index contributed by atoms with van der Waals surface area (Å²) in [5, 5.41) is 28.7. The number of carbonyl (C=O) groups is 1. The van der Waals surface area contributed by atoms with Crippen LogP contribution >= 0.6 is 0 Å². The third-order valence-corrected chi connectivity index (χ3v) is 5.23. The molecule has 0 radical (unpaired) electrons. The quantitative estimate of drug-likeness (QED) is 0.396. The number of rotatable bonds is 11. The lowest BCUT2D eigenvalue weighted by atomic mass is 9.85. The standard InChI is InChI=1S/C20H34O4/c1-2-3-6-9-17(21)14-12-16-13-15-19(22)18(16)10-7-4-5-8-11-20(23)24/h16-19,21-22H,2-7,9-10,12-15H2,1H3,(H,23,24)/t16-,17?,18+,19?/m0/s1. The van der Waals surface area contributed by atoms with Crippen molar-refractivity contribution in [2.24, 2.45) is 11.8 Å². The van der Waals surface area contributed by atoms with Gasteiger partial charge in [-0.15, -0.1) is 0 Å². The SMILES string of the molecule is CCCCCC(O)CC[C@H]1CCC(O)[C@@H]1CCCCC#CC(=O)O. The molecule has 24 heavy (non-hydrogen) atoms. The molecule has 4 heteroatoms. The van der Waals surface area contributed by atoms with E-state index in [4.69, 9.17) is 5.11 Å². The maximum Gasteiger partial charge on any atom is 0.381 e. The first-order valence-electron chi connectivity index (χ1n) is 9.62. The van der Waals surface area contributed by atoms with E-state index in [9.17, 15) is 15.0 Å². The van der Waals surface area contributed by atoms with Crippen molar-refractivity contribution in [3.63, 3.8) is 0 Å². The second-order valence-corrected chi connectivity index (χ2v) is 7.15. The van der Waals surface area contributed by atoms with Gasteiger partial charge in [-0.3, -0.25) is 0 Å². The fraction of sp³-hybridized carbons (Fsp3) is 0.850. The number of hydrogen-bond acceptors (Lipinski definition) is 3. The summed E-state index contributed by atoms with van der Waals surface area (Å²) in [7, 11) is 0. The predicted octanol–water partition coefficient (Wildman–Crippen LogP) is 3.74. The molecule has 0 spiro atoms. The molecule has 0 aromatic heterocycles. The Morgan fingerprint density at radius 1 is 1.12 bits per heavy atom. The van der Waals surface area contributed by atoms with Gasteiger partial charge in [0.15, 0.2) is 0 Å². The summed E-state index contributed by atoms with van der Waals surface area (Å²) in [6.45, 7) is 2.17. The van der Waals surface area contributed by atoms with E-state index in [1.807, 2.05) is 0 Å². The van der Waals surface area contributed by atoms with E-state index in [-0.39, 0.29) is 12.2 Å². The van der Waals surface area contributed by atoms with Crippen molar-refractivity contribution in [3.8, 4) is 11.8 Å². The number of aliphatic hydroxyl groups is 2. The van der Waals surface area contributed by atoms with E-state index in [0.717, 1.165) is 57.8 Å². The molecule has 1 rings (SSSR count). The monoisotopic (exact) mass is 338 g/mol. The summed E-state index contributed by atoms with van der Waals surface area (Å²) < 4.78 is 0. The molecule has 2 unspecified atom stereocenters. The van der Waals surface area contributed by atoms with Gasteiger partial charge in [0.25, 0.3) is 0 Å². The lowest BCUT2D eigenvalue weighted by Crippen LogP contribution is -2.20. The Morgan fingerprint density at radius 2 is 1.92 bits per heavy atom. The van der Waals surface area contributed by atoms with E-state index in [1.165, 1.54) is 12.8 Å². The number of carboxylic acids is 1. The fourth-order valence-corrected chi connectivity index (χ4v) is 3.83. The first-order chi connectivity index (χ1) is 11.5. The molecular weight excluding hydrogens is 304 g/mol. The molecule has 138 valence electrons. The average Bonchev–Trinajstić information content (AvgIpc) is 2.89. The maximum atomic E-state index is 10.3. The van der Waals surface area contributed by atoms with Gasteiger partial charge in [0, 0.05) is 12.3 Å². The molecule has 1 saturated carbocycles. The Kier molecular flexibility index (Phi) is 10.8.